The Morgan fingerprint density at radius 3 is 2.58 bits per heavy atom. The molecule has 4 rings (SSSR count). The van der Waals surface area contributed by atoms with Crippen LogP contribution in [0.3, 0.4) is 0 Å². The van der Waals surface area contributed by atoms with Crippen LogP contribution in [-0.4, -0.2) is 45.4 Å². The summed E-state index contributed by atoms with van der Waals surface area (Å²) in [7, 11) is -1.56. The van der Waals surface area contributed by atoms with Gasteiger partial charge in [0.1, 0.15) is 12.1 Å². The second kappa shape index (κ2) is 12.8. The Morgan fingerprint density at radius 2 is 1.81 bits per heavy atom. The van der Waals surface area contributed by atoms with Gasteiger partial charge in [0.05, 0.1) is 19.5 Å². The summed E-state index contributed by atoms with van der Waals surface area (Å²) < 4.78 is 28.9. The minimum Gasteiger partial charge on any atom is -0.406 e. The first-order valence-corrected chi connectivity index (χ1v) is 12.2. The monoisotopic (exact) mass is 513 g/mol. The molecule has 188 valence electrons. The van der Waals surface area contributed by atoms with Gasteiger partial charge >= 0.3 is 6.16 Å². The predicted octanol–water partition coefficient (Wildman–Crippen LogP) is 3.39. The SMILES string of the molecule is Nc1nc2c(ncn2CCOCP(OCOC(=O)Oc2ccccc2)OCc2ccccc2)c(=O)[nH]1. The molecule has 12 nitrogen and oxygen atoms in total. The van der Waals surface area contributed by atoms with Crippen LogP contribution < -0.4 is 16.0 Å². The largest absolute Gasteiger partial charge is 0.515 e. The molecule has 3 N–H and O–H groups in total. The molecule has 0 aliphatic carbocycles. The van der Waals surface area contributed by atoms with Gasteiger partial charge in [0.25, 0.3) is 5.56 Å². The van der Waals surface area contributed by atoms with E-state index in [1.54, 1.807) is 34.9 Å². The van der Waals surface area contributed by atoms with Gasteiger partial charge in [0, 0.05) is 6.54 Å². The number of nitrogen functional groups attached to an aromatic ring is 1. The second-order valence-electron chi connectivity index (χ2n) is 7.25. The first kappa shape index (κ1) is 25.3. The highest BCUT2D eigenvalue weighted by atomic mass is 31.2. The lowest BCUT2D eigenvalue weighted by Crippen LogP contribution is -2.14. The lowest BCUT2D eigenvalue weighted by atomic mass is 10.2. The average Bonchev–Trinajstić information content (AvgIpc) is 3.29. The number of carbonyl (C=O) groups is 1. The second-order valence-corrected chi connectivity index (χ2v) is 8.69. The Kier molecular flexibility index (Phi) is 8.95. The van der Waals surface area contributed by atoms with Gasteiger partial charge in [-0.05, 0) is 17.7 Å². The molecule has 0 amide bonds. The van der Waals surface area contributed by atoms with Crippen LogP contribution >= 0.6 is 8.38 Å². The summed E-state index contributed by atoms with van der Waals surface area (Å²) in [5, 5.41) is 0. The van der Waals surface area contributed by atoms with Crippen molar-refractivity contribution >= 4 is 31.6 Å². The summed E-state index contributed by atoms with van der Waals surface area (Å²) in [6.45, 7) is 0.554. The van der Waals surface area contributed by atoms with Crippen LogP contribution in [0.15, 0.2) is 71.8 Å². The summed E-state index contributed by atoms with van der Waals surface area (Å²) in [6.07, 6.45) is 0.712. The van der Waals surface area contributed by atoms with Crippen molar-refractivity contribution in [1.29, 1.82) is 0 Å². The molecule has 0 saturated carbocycles. The highest BCUT2D eigenvalue weighted by molar-refractivity contribution is 7.46. The van der Waals surface area contributed by atoms with Gasteiger partial charge in [0.2, 0.25) is 21.1 Å². The zero-order valence-electron chi connectivity index (χ0n) is 19.1. The third-order valence-corrected chi connectivity index (χ3v) is 5.91. The van der Waals surface area contributed by atoms with Crippen LogP contribution in [-0.2, 0) is 31.7 Å². The fourth-order valence-corrected chi connectivity index (χ4v) is 3.98. The number of fused-ring (bicyclic) bond motifs is 1. The molecule has 0 fully saturated rings. The molecule has 0 aliphatic rings. The molecule has 13 heteroatoms. The van der Waals surface area contributed by atoms with E-state index in [0.29, 0.717) is 24.5 Å². The number of benzene rings is 2. The van der Waals surface area contributed by atoms with E-state index in [2.05, 4.69) is 15.0 Å². The van der Waals surface area contributed by atoms with Crippen molar-refractivity contribution < 1.29 is 28.1 Å². The predicted molar refractivity (Wildman–Crippen MR) is 131 cm³/mol. The normalized spacial score (nSPS) is 11.9. The van der Waals surface area contributed by atoms with Crippen LogP contribution in [0.1, 0.15) is 5.56 Å². The van der Waals surface area contributed by atoms with Crippen LogP contribution in [0, 0.1) is 0 Å². The number of imidazole rings is 1. The van der Waals surface area contributed by atoms with E-state index >= 15 is 0 Å². The standard InChI is InChI=1S/C23H24N5O7P/c24-22-26-20-19(21(29)27-22)25-14-28(20)11-12-31-16-36(33-13-17-7-3-1-4-8-17)34-15-32-23(30)35-18-9-5-2-6-10-18/h1-10,14H,11-13,15-16H2,(H3,24,26,27,29). The Hall–Kier alpha value is -3.83. The lowest BCUT2D eigenvalue weighted by Gasteiger charge is -2.17. The van der Waals surface area contributed by atoms with Gasteiger partial charge in [-0.25, -0.2) is 9.78 Å². The smallest absolute Gasteiger partial charge is 0.406 e. The number of rotatable bonds is 12. The minimum atomic E-state index is -1.56. The molecule has 0 radical (unpaired) electrons. The van der Waals surface area contributed by atoms with Gasteiger partial charge in [0.15, 0.2) is 11.2 Å². The summed E-state index contributed by atoms with van der Waals surface area (Å²) >= 11 is 0. The Morgan fingerprint density at radius 1 is 1.06 bits per heavy atom. The maximum atomic E-state index is 11.9. The molecule has 1 atom stereocenters. The first-order chi connectivity index (χ1) is 17.6. The summed E-state index contributed by atoms with van der Waals surface area (Å²) in [6, 6.07) is 18.1. The van der Waals surface area contributed by atoms with Crippen LogP contribution in [0.5, 0.6) is 5.75 Å². The number of aromatic amines is 1. The Labute approximate surface area is 206 Å². The van der Waals surface area contributed by atoms with Crippen molar-refractivity contribution in [3.05, 3.63) is 82.9 Å². The number of H-pyrrole nitrogens is 1. The molecule has 0 bridgehead atoms. The zero-order chi connectivity index (χ0) is 25.2. The van der Waals surface area contributed by atoms with E-state index in [0.717, 1.165) is 5.56 Å². The number of anilines is 1. The lowest BCUT2D eigenvalue weighted by molar-refractivity contribution is 0.0244. The molecular formula is C23H24N5O7P. The summed E-state index contributed by atoms with van der Waals surface area (Å²) in [5.41, 5.74) is 6.73. The first-order valence-electron chi connectivity index (χ1n) is 10.8. The highest BCUT2D eigenvalue weighted by Gasteiger charge is 2.15. The van der Waals surface area contributed by atoms with Crippen molar-refractivity contribution in [3.63, 3.8) is 0 Å². The zero-order valence-corrected chi connectivity index (χ0v) is 20.0. The van der Waals surface area contributed by atoms with E-state index < -0.39 is 20.1 Å². The molecule has 1 unspecified atom stereocenters. The quantitative estimate of drug-likeness (QED) is 0.0947. The van der Waals surface area contributed by atoms with Crippen molar-refractivity contribution in [3.8, 4) is 5.75 Å². The molecule has 0 saturated heterocycles. The number of nitrogens with two attached hydrogens (primary N) is 1. The van der Waals surface area contributed by atoms with Crippen LogP contribution in [0.4, 0.5) is 10.7 Å². The molecule has 2 heterocycles. The number of hydrogen-bond donors (Lipinski definition) is 2. The van der Waals surface area contributed by atoms with E-state index in [4.69, 9.17) is 29.0 Å². The van der Waals surface area contributed by atoms with Crippen LogP contribution in [0.25, 0.3) is 11.2 Å². The number of nitrogens with one attached hydrogen (secondary N) is 1. The van der Waals surface area contributed by atoms with Gasteiger partial charge in [-0.3, -0.25) is 14.3 Å². The minimum absolute atomic E-state index is 0.00666. The van der Waals surface area contributed by atoms with Crippen molar-refractivity contribution in [2.24, 2.45) is 0 Å². The summed E-state index contributed by atoms with van der Waals surface area (Å²) in [4.78, 5) is 34.4. The number of carbonyl (C=O) groups excluding carboxylic acids is 1. The Bertz CT molecular complexity index is 1320. The third-order valence-electron chi connectivity index (χ3n) is 4.70. The fraction of sp³-hybridized carbons (Fsp3) is 0.217. The maximum Gasteiger partial charge on any atom is 0.515 e. The van der Waals surface area contributed by atoms with Gasteiger partial charge in [-0.1, -0.05) is 48.5 Å². The number of para-hydroxylation sites is 1. The highest BCUT2D eigenvalue weighted by Crippen LogP contribution is 2.39. The molecule has 4 aromatic rings. The molecule has 36 heavy (non-hydrogen) atoms. The molecule has 0 aliphatic heterocycles. The topological polar surface area (TPSA) is 153 Å². The van der Waals surface area contributed by atoms with Gasteiger partial charge in [-0.15, -0.1) is 0 Å². The number of ether oxygens (including phenoxy) is 3. The maximum absolute atomic E-state index is 11.9. The number of hydrogen-bond acceptors (Lipinski definition) is 10. The molecular weight excluding hydrogens is 489 g/mol. The van der Waals surface area contributed by atoms with E-state index in [-0.39, 0.29) is 31.2 Å². The molecule has 2 aromatic carbocycles. The summed E-state index contributed by atoms with van der Waals surface area (Å²) in [5.74, 6) is 0.367. The number of nitrogens with zero attached hydrogens (tertiary/aromatic N) is 3. The van der Waals surface area contributed by atoms with Crippen molar-refractivity contribution in [1.82, 2.24) is 19.5 Å². The van der Waals surface area contributed by atoms with E-state index in [1.807, 2.05) is 30.3 Å². The van der Waals surface area contributed by atoms with Crippen molar-refractivity contribution in [2.75, 3.05) is 25.5 Å². The van der Waals surface area contributed by atoms with E-state index in [9.17, 15) is 9.59 Å². The van der Waals surface area contributed by atoms with Crippen molar-refractivity contribution in [2.45, 2.75) is 13.2 Å². The average molecular weight is 513 g/mol. The molecule has 0 spiro atoms. The van der Waals surface area contributed by atoms with E-state index in [1.165, 1.54) is 6.33 Å². The molecule has 2 aromatic heterocycles. The Balaban J connectivity index is 1.27. The fourth-order valence-electron chi connectivity index (χ4n) is 3.02. The number of aromatic nitrogens is 4. The van der Waals surface area contributed by atoms with Gasteiger partial charge < -0.3 is 29.0 Å². The third kappa shape index (κ3) is 7.33. The van der Waals surface area contributed by atoms with Crippen LogP contribution in [0.2, 0.25) is 0 Å². The van der Waals surface area contributed by atoms with Gasteiger partial charge in [-0.2, -0.15) is 4.98 Å².